The highest BCUT2D eigenvalue weighted by Crippen LogP contribution is 2.11. The number of carboxylic acids is 1. The predicted octanol–water partition coefficient (Wildman–Crippen LogP) is 3.22. The number of quaternary nitrogens is 1. The lowest BCUT2D eigenvalue weighted by Crippen LogP contribution is -2.43. The van der Waals surface area contributed by atoms with Crippen molar-refractivity contribution in [2.75, 3.05) is 27.7 Å². The zero-order chi connectivity index (χ0) is 19.5. The Morgan fingerprint density at radius 3 is 2.23 bits per heavy atom. The Morgan fingerprint density at radius 1 is 1.09 bits per heavy atom. The number of esters is 1. The summed E-state index contributed by atoms with van der Waals surface area (Å²) in [5, 5.41) is 8.93. The van der Waals surface area contributed by atoms with Gasteiger partial charge in [0.1, 0.15) is 6.54 Å². The lowest BCUT2D eigenvalue weighted by molar-refractivity contribution is -0.873. The SMILES string of the molecule is [2H]C([2H])([2H])CCCCCCCCC(=O)OC(CC(=O)O)C[N+](C)(C)C. The van der Waals surface area contributed by atoms with Crippen molar-refractivity contribution in [2.24, 2.45) is 0 Å². The zero-order valence-electron chi connectivity index (χ0n) is 17.3. The van der Waals surface area contributed by atoms with Gasteiger partial charge in [-0.2, -0.15) is 0 Å². The average Bonchev–Trinajstić information content (AvgIpc) is 2.37. The summed E-state index contributed by atoms with van der Waals surface area (Å²) >= 11 is 0. The molecule has 0 aromatic rings. The third kappa shape index (κ3) is 13.9. The van der Waals surface area contributed by atoms with Gasteiger partial charge >= 0.3 is 11.9 Å². The molecule has 0 fully saturated rings. The highest BCUT2D eigenvalue weighted by atomic mass is 16.5. The molecule has 0 aliphatic rings. The molecule has 0 heterocycles. The molecule has 0 aliphatic heterocycles. The number of carboxylic acid groups (broad SMARTS) is 1. The topological polar surface area (TPSA) is 63.6 Å². The van der Waals surface area contributed by atoms with Gasteiger partial charge in [0, 0.05) is 10.5 Å². The van der Waals surface area contributed by atoms with Crippen molar-refractivity contribution in [3.63, 3.8) is 0 Å². The first-order valence-corrected chi connectivity index (χ1v) is 8.11. The van der Waals surface area contributed by atoms with E-state index in [0.29, 0.717) is 30.3 Å². The van der Waals surface area contributed by atoms with Crippen LogP contribution in [0.5, 0.6) is 0 Å². The first-order chi connectivity index (χ1) is 11.4. The molecule has 0 aromatic carbocycles. The van der Waals surface area contributed by atoms with Gasteiger partial charge in [0.05, 0.1) is 27.6 Å². The molecule has 0 aliphatic carbocycles. The maximum absolute atomic E-state index is 11.9. The van der Waals surface area contributed by atoms with Gasteiger partial charge in [0.25, 0.3) is 0 Å². The second-order valence-electron chi connectivity index (χ2n) is 6.80. The Morgan fingerprint density at radius 2 is 1.68 bits per heavy atom. The lowest BCUT2D eigenvalue weighted by Gasteiger charge is -2.28. The van der Waals surface area contributed by atoms with E-state index in [-0.39, 0.29) is 18.8 Å². The lowest BCUT2D eigenvalue weighted by atomic mass is 10.1. The second-order valence-corrected chi connectivity index (χ2v) is 6.80. The van der Waals surface area contributed by atoms with Crippen molar-refractivity contribution >= 4 is 11.9 Å². The standard InChI is InChI=1S/C17H33NO4/c1-5-6-7-8-9-10-11-12-17(21)22-15(13-16(19)20)14-18(2,3)4/h15H,5-14H2,1-4H3/p+1/i1D3. The number of carbonyl (C=O) groups excluding carboxylic acids is 1. The van der Waals surface area contributed by atoms with E-state index in [9.17, 15) is 9.59 Å². The van der Waals surface area contributed by atoms with Crippen molar-refractivity contribution in [3.8, 4) is 0 Å². The largest absolute Gasteiger partial charge is 0.481 e. The molecule has 22 heavy (non-hydrogen) atoms. The first kappa shape index (κ1) is 15.8. The van der Waals surface area contributed by atoms with Crippen LogP contribution < -0.4 is 0 Å². The van der Waals surface area contributed by atoms with Gasteiger partial charge in [-0.05, 0) is 6.42 Å². The Labute approximate surface area is 139 Å². The molecule has 5 heteroatoms. The summed E-state index contributed by atoms with van der Waals surface area (Å²) in [6.07, 6.45) is 4.91. The maximum atomic E-state index is 11.9. The summed E-state index contributed by atoms with van der Waals surface area (Å²) in [4.78, 5) is 22.8. The van der Waals surface area contributed by atoms with Crippen LogP contribution in [0.2, 0.25) is 0 Å². The average molecular weight is 319 g/mol. The van der Waals surface area contributed by atoms with Crippen LogP contribution in [-0.2, 0) is 14.3 Å². The van der Waals surface area contributed by atoms with Gasteiger partial charge < -0.3 is 14.3 Å². The molecular weight excluding hydrogens is 282 g/mol. The van der Waals surface area contributed by atoms with Crippen LogP contribution >= 0.6 is 0 Å². The second kappa shape index (κ2) is 11.5. The molecule has 0 bridgehead atoms. The van der Waals surface area contributed by atoms with Crippen molar-refractivity contribution in [1.82, 2.24) is 0 Å². The normalized spacial score (nSPS) is 15.5. The first-order valence-electron chi connectivity index (χ1n) is 9.61. The van der Waals surface area contributed by atoms with Gasteiger partial charge in [-0.15, -0.1) is 0 Å². The molecule has 0 rings (SSSR count). The summed E-state index contributed by atoms with van der Waals surface area (Å²) in [6.45, 7) is -1.37. The molecule has 0 amide bonds. The van der Waals surface area contributed by atoms with Gasteiger partial charge in [-0.3, -0.25) is 9.59 Å². The van der Waals surface area contributed by atoms with Crippen LogP contribution in [0.4, 0.5) is 0 Å². The molecule has 1 N–H and O–H groups in total. The molecule has 0 spiro atoms. The fraction of sp³-hybridized carbons (Fsp3) is 0.882. The molecule has 0 aromatic heterocycles. The van der Waals surface area contributed by atoms with Gasteiger partial charge in [0.15, 0.2) is 6.10 Å². The van der Waals surface area contributed by atoms with Crippen molar-refractivity contribution in [2.45, 2.75) is 70.7 Å². The summed E-state index contributed by atoms with van der Waals surface area (Å²) < 4.78 is 27.2. The maximum Gasteiger partial charge on any atom is 0.307 e. The van der Waals surface area contributed by atoms with Crippen LogP contribution in [0.1, 0.15) is 68.8 Å². The Hall–Kier alpha value is -1.10. The minimum atomic E-state index is -1.83. The number of rotatable bonds is 13. The Balaban J connectivity index is 3.87. The number of ether oxygens (including phenoxy) is 1. The van der Waals surface area contributed by atoms with E-state index >= 15 is 0 Å². The third-order valence-electron chi connectivity index (χ3n) is 3.26. The number of aliphatic carboxylic acids is 1. The van der Waals surface area contributed by atoms with E-state index in [0.717, 1.165) is 25.7 Å². The molecule has 1 atom stereocenters. The molecule has 0 saturated heterocycles. The summed E-state index contributed by atoms with van der Waals surface area (Å²) in [6, 6.07) is 0. The number of hydrogen-bond donors (Lipinski definition) is 1. The minimum absolute atomic E-state index is 0.176. The fourth-order valence-corrected chi connectivity index (χ4v) is 2.30. The van der Waals surface area contributed by atoms with Crippen molar-refractivity contribution in [1.29, 1.82) is 0 Å². The number of hydrogen-bond acceptors (Lipinski definition) is 3. The number of unbranched alkanes of at least 4 members (excludes halogenated alkanes) is 5. The number of nitrogens with zero attached hydrogens (tertiary/aromatic N) is 1. The van der Waals surface area contributed by atoms with Crippen LogP contribution in [0.25, 0.3) is 0 Å². The quantitative estimate of drug-likeness (QED) is 0.322. The van der Waals surface area contributed by atoms with Crippen molar-refractivity contribution in [3.05, 3.63) is 0 Å². The zero-order valence-corrected chi connectivity index (χ0v) is 14.3. The van der Waals surface area contributed by atoms with E-state index in [1.165, 1.54) is 0 Å². The molecule has 1 unspecified atom stereocenters. The Bertz CT molecular complexity index is 406. The monoisotopic (exact) mass is 319 g/mol. The van der Waals surface area contributed by atoms with E-state index in [2.05, 4.69) is 0 Å². The van der Waals surface area contributed by atoms with Crippen molar-refractivity contribution < 1.29 is 28.0 Å². The molecule has 0 radical (unpaired) electrons. The van der Waals surface area contributed by atoms with E-state index in [4.69, 9.17) is 14.0 Å². The molecular formula is C17H34NO4+. The molecule has 130 valence electrons. The van der Waals surface area contributed by atoms with Crippen LogP contribution in [0, 0.1) is 0 Å². The Kier molecular flexibility index (Phi) is 8.23. The molecule has 0 saturated carbocycles. The minimum Gasteiger partial charge on any atom is -0.481 e. The van der Waals surface area contributed by atoms with E-state index in [1.807, 2.05) is 21.1 Å². The highest BCUT2D eigenvalue weighted by molar-refractivity contribution is 5.71. The van der Waals surface area contributed by atoms with E-state index < -0.39 is 18.9 Å². The van der Waals surface area contributed by atoms with Gasteiger partial charge in [-0.1, -0.05) is 45.4 Å². The number of likely N-dealkylation sites (N-methyl/N-ethyl adjacent to an activating group) is 1. The van der Waals surface area contributed by atoms with Crippen LogP contribution in [0.15, 0.2) is 0 Å². The highest BCUT2D eigenvalue weighted by Gasteiger charge is 2.24. The van der Waals surface area contributed by atoms with Gasteiger partial charge in [-0.25, -0.2) is 0 Å². The number of carbonyl (C=O) groups is 2. The fourth-order valence-electron chi connectivity index (χ4n) is 2.30. The van der Waals surface area contributed by atoms with Crippen LogP contribution in [0.3, 0.4) is 0 Å². The van der Waals surface area contributed by atoms with E-state index in [1.54, 1.807) is 0 Å². The summed E-state index contributed by atoms with van der Waals surface area (Å²) in [7, 11) is 5.78. The van der Waals surface area contributed by atoms with Gasteiger partial charge in [0.2, 0.25) is 0 Å². The van der Waals surface area contributed by atoms with Crippen LogP contribution in [-0.4, -0.2) is 55.3 Å². The summed E-state index contributed by atoms with van der Waals surface area (Å²) in [5.41, 5.74) is 0. The summed E-state index contributed by atoms with van der Waals surface area (Å²) in [5.74, 6) is -1.31. The molecule has 5 nitrogen and oxygen atoms in total. The predicted molar refractivity (Wildman–Crippen MR) is 87.6 cm³/mol. The third-order valence-corrected chi connectivity index (χ3v) is 3.26. The smallest absolute Gasteiger partial charge is 0.307 e.